The van der Waals surface area contributed by atoms with Crippen LogP contribution < -0.4 is 10.5 Å². The third-order valence-corrected chi connectivity index (χ3v) is 4.09. The van der Waals surface area contributed by atoms with Crippen LogP contribution in [0.3, 0.4) is 0 Å². The van der Waals surface area contributed by atoms with E-state index < -0.39 is 17.4 Å². The number of carbonyl (C=O) groups excluding carboxylic acids is 2. The smallest absolute Gasteiger partial charge is 0.317 e. The van der Waals surface area contributed by atoms with Crippen molar-refractivity contribution in [3.8, 4) is 11.5 Å². The highest BCUT2D eigenvalue weighted by atomic mass is 16.5. The Hall–Kier alpha value is -1.88. The molecule has 0 amide bonds. The summed E-state index contributed by atoms with van der Waals surface area (Å²) in [6.45, 7) is 11.2. The van der Waals surface area contributed by atoms with E-state index in [2.05, 4.69) is 0 Å². The second kappa shape index (κ2) is 7.34. The first kappa shape index (κ1) is 20.2. The third kappa shape index (κ3) is 4.81. The molecule has 0 heterocycles. The van der Waals surface area contributed by atoms with E-state index in [1.807, 2.05) is 27.7 Å². The Balaban J connectivity index is 2.97. The summed E-state index contributed by atoms with van der Waals surface area (Å²) in [5.41, 5.74) is 5.24. The number of aromatic hydroxyl groups is 1. The quantitative estimate of drug-likeness (QED) is 0.470. The van der Waals surface area contributed by atoms with E-state index in [1.54, 1.807) is 13.8 Å². The van der Waals surface area contributed by atoms with Crippen LogP contribution in [0, 0.1) is 10.8 Å². The number of hydrogen-bond acceptors (Lipinski definition) is 5. The molecule has 0 aliphatic heterocycles. The molecule has 24 heavy (non-hydrogen) atoms. The van der Waals surface area contributed by atoms with Crippen LogP contribution in [0.2, 0.25) is 0 Å². The summed E-state index contributed by atoms with van der Waals surface area (Å²) in [4.78, 5) is 24.6. The van der Waals surface area contributed by atoms with Gasteiger partial charge in [-0.1, -0.05) is 34.1 Å². The number of phenolic OH excluding ortho intramolecular Hbond substituents is 1. The number of rotatable bonds is 6. The lowest BCUT2D eigenvalue weighted by molar-refractivity contribution is -0.144. The fraction of sp³-hybridized carbons (Fsp3) is 0.579. The van der Waals surface area contributed by atoms with Crippen molar-refractivity contribution in [3.05, 3.63) is 23.8 Å². The van der Waals surface area contributed by atoms with Crippen molar-refractivity contribution >= 4 is 11.8 Å². The molecule has 134 valence electrons. The van der Waals surface area contributed by atoms with Gasteiger partial charge in [-0.25, -0.2) is 0 Å². The van der Waals surface area contributed by atoms with E-state index in [-0.39, 0.29) is 22.7 Å². The molecule has 0 fully saturated rings. The van der Waals surface area contributed by atoms with Crippen molar-refractivity contribution in [2.75, 3.05) is 0 Å². The predicted octanol–water partition coefficient (Wildman–Crippen LogP) is 3.68. The van der Waals surface area contributed by atoms with Gasteiger partial charge in [-0.2, -0.15) is 0 Å². The van der Waals surface area contributed by atoms with Crippen LogP contribution in [0.25, 0.3) is 0 Å². The molecule has 0 bridgehead atoms. The van der Waals surface area contributed by atoms with E-state index in [9.17, 15) is 14.7 Å². The number of carbonyl (C=O) groups is 2. The molecule has 1 atom stereocenters. The van der Waals surface area contributed by atoms with Crippen LogP contribution in [0.4, 0.5) is 0 Å². The Morgan fingerprint density at radius 2 is 1.79 bits per heavy atom. The highest BCUT2D eigenvalue weighted by molar-refractivity contribution is 6.01. The van der Waals surface area contributed by atoms with E-state index in [0.29, 0.717) is 12.0 Å². The van der Waals surface area contributed by atoms with E-state index >= 15 is 0 Å². The monoisotopic (exact) mass is 335 g/mol. The maximum absolute atomic E-state index is 12.4. The summed E-state index contributed by atoms with van der Waals surface area (Å²) in [6, 6.07) is 3.55. The second-order valence-corrected chi connectivity index (χ2v) is 7.91. The van der Waals surface area contributed by atoms with Crippen LogP contribution in [-0.4, -0.2) is 22.9 Å². The molecule has 0 spiro atoms. The predicted molar refractivity (Wildman–Crippen MR) is 94.2 cm³/mol. The highest BCUT2D eigenvalue weighted by Gasteiger charge is 2.31. The Kier molecular flexibility index (Phi) is 6.17. The van der Waals surface area contributed by atoms with Crippen LogP contribution >= 0.6 is 0 Å². The van der Waals surface area contributed by atoms with Crippen molar-refractivity contribution in [1.29, 1.82) is 0 Å². The summed E-state index contributed by atoms with van der Waals surface area (Å²) >= 11 is 0. The zero-order valence-electron chi connectivity index (χ0n) is 15.5. The second-order valence-electron chi connectivity index (χ2n) is 7.91. The molecule has 0 saturated heterocycles. The van der Waals surface area contributed by atoms with Crippen LogP contribution in [0.5, 0.6) is 11.5 Å². The SMILES string of the molecule is CCCC(C)(C)C(=O)Oc1ccc(C(=O)C(N)C(C)(C)C)cc1O. The Bertz CT molecular complexity index is 614. The molecule has 5 nitrogen and oxygen atoms in total. The van der Waals surface area contributed by atoms with Gasteiger partial charge >= 0.3 is 5.97 Å². The molecule has 0 aliphatic carbocycles. The van der Waals surface area contributed by atoms with Gasteiger partial charge < -0.3 is 15.6 Å². The molecule has 0 saturated carbocycles. The van der Waals surface area contributed by atoms with Crippen molar-refractivity contribution in [2.45, 2.75) is 60.4 Å². The number of esters is 1. The van der Waals surface area contributed by atoms with Crippen molar-refractivity contribution in [1.82, 2.24) is 0 Å². The summed E-state index contributed by atoms with van der Waals surface area (Å²) in [7, 11) is 0. The van der Waals surface area contributed by atoms with Crippen LogP contribution in [-0.2, 0) is 4.79 Å². The van der Waals surface area contributed by atoms with Gasteiger partial charge in [0.1, 0.15) is 0 Å². The highest BCUT2D eigenvalue weighted by Crippen LogP contribution is 2.32. The molecular formula is C19H29NO4. The lowest BCUT2D eigenvalue weighted by Gasteiger charge is -2.26. The van der Waals surface area contributed by atoms with Crippen molar-refractivity contribution < 1.29 is 19.4 Å². The number of phenols is 1. The number of Topliss-reactive ketones (excluding diaryl/α,β-unsaturated/α-hetero) is 1. The van der Waals surface area contributed by atoms with Crippen molar-refractivity contribution in [2.24, 2.45) is 16.6 Å². The van der Waals surface area contributed by atoms with E-state index in [4.69, 9.17) is 10.5 Å². The Morgan fingerprint density at radius 1 is 1.21 bits per heavy atom. The van der Waals surface area contributed by atoms with Gasteiger partial charge in [-0.3, -0.25) is 9.59 Å². The van der Waals surface area contributed by atoms with E-state index in [1.165, 1.54) is 18.2 Å². The molecule has 1 aromatic carbocycles. The van der Waals surface area contributed by atoms with Crippen LogP contribution in [0.15, 0.2) is 18.2 Å². The zero-order chi connectivity index (χ0) is 18.7. The lowest BCUT2D eigenvalue weighted by Crippen LogP contribution is -2.42. The number of hydrogen-bond donors (Lipinski definition) is 2. The number of nitrogens with two attached hydrogens (primary N) is 1. The molecule has 0 radical (unpaired) electrons. The van der Waals surface area contributed by atoms with Gasteiger partial charge in [0.15, 0.2) is 17.3 Å². The minimum absolute atomic E-state index is 0.0464. The number of ketones is 1. The van der Waals surface area contributed by atoms with Gasteiger partial charge in [0.2, 0.25) is 0 Å². The standard InChI is InChI=1S/C19H29NO4/c1-7-10-19(5,6)17(23)24-14-9-8-12(11-13(14)21)15(22)16(20)18(2,3)4/h8-9,11,16,21H,7,10,20H2,1-6H3. The molecule has 0 aromatic heterocycles. The molecule has 3 N–H and O–H groups in total. The van der Waals surface area contributed by atoms with Gasteiger partial charge in [0.25, 0.3) is 0 Å². The summed E-state index contributed by atoms with van der Waals surface area (Å²) in [5, 5.41) is 10.1. The molecule has 1 unspecified atom stereocenters. The van der Waals surface area contributed by atoms with Crippen molar-refractivity contribution in [3.63, 3.8) is 0 Å². The van der Waals surface area contributed by atoms with Crippen LogP contribution in [0.1, 0.15) is 64.7 Å². The maximum Gasteiger partial charge on any atom is 0.317 e. The molecule has 1 rings (SSSR count). The lowest BCUT2D eigenvalue weighted by atomic mass is 9.83. The van der Waals surface area contributed by atoms with E-state index in [0.717, 1.165) is 6.42 Å². The first-order valence-electron chi connectivity index (χ1n) is 8.25. The van der Waals surface area contributed by atoms with Gasteiger partial charge in [-0.05, 0) is 43.9 Å². The van der Waals surface area contributed by atoms with Gasteiger partial charge in [0.05, 0.1) is 11.5 Å². The molecular weight excluding hydrogens is 306 g/mol. The maximum atomic E-state index is 12.4. The fourth-order valence-corrected chi connectivity index (χ4v) is 2.29. The Labute approximate surface area is 144 Å². The molecule has 1 aromatic rings. The average Bonchev–Trinajstić information content (AvgIpc) is 2.46. The number of benzene rings is 1. The zero-order valence-corrected chi connectivity index (χ0v) is 15.5. The average molecular weight is 335 g/mol. The first-order valence-corrected chi connectivity index (χ1v) is 8.25. The third-order valence-electron chi connectivity index (χ3n) is 4.09. The largest absolute Gasteiger partial charge is 0.504 e. The number of ether oxygens (including phenoxy) is 1. The van der Waals surface area contributed by atoms with Gasteiger partial charge in [-0.15, -0.1) is 0 Å². The Morgan fingerprint density at radius 3 is 2.25 bits per heavy atom. The minimum atomic E-state index is -0.686. The normalized spacial score (nSPS) is 13.5. The minimum Gasteiger partial charge on any atom is -0.504 e. The van der Waals surface area contributed by atoms with Gasteiger partial charge in [0, 0.05) is 5.56 Å². The topological polar surface area (TPSA) is 89.6 Å². The molecule has 5 heteroatoms. The summed E-state index contributed by atoms with van der Waals surface area (Å²) < 4.78 is 5.29. The fourth-order valence-electron chi connectivity index (χ4n) is 2.29. The molecule has 0 aliphatic rings. The first-order chi connectivity index (χ1) is 10.9. The summed E-state index contributed by atoms with van der Waals surface area (Å²) in [6.07, 6.45) is 1.54. The summed E-state index contributed by atoms with van der Waals surface area (Å²) in [5.74, 6) is -0.875.